The highest BCUT2D eigenvalue weighted by molar-refractivity contribution is 9.10. The van der Waals surface area contributed by atoms with Gasteiger partial charge in [0.05, 0.1) is 13.2 Å². The van der Waals surface area contributed by atoms with E-state index in [1.807, 2.05) is 6.07 Å². The van der Waals surface area contributed by atoms with Crippen molar-refractivity contribution >= 4 is 21.9 Å². The summed E-state index contributed by atoms with van der Waals surface area (Å²) in [6.07, 6.45) is 1.39. The van der Waals surface area contributed by atoms with Crippen LogP contribution in [-0.2, 0) is 4.79 Å². The molecule has 1 rings (SSSR count). The zero-order valence-corrected chi connectivity index (χ0v) is 11.8. The molecule has 0 heterocycles. The van der Waals surface area contributed by atoms with Crippen molar-refractivity contribution < 1.29 is 19.7 Å². The fourth-order valence-electron chi connectivity index (χ4n) is 1.67. The molecule has 0 aliphatic rings. The second-order valence-electron chi connectivity index (χ2n) is 4.04. The second kappa shape index (κ2) is 7.38. The van der Waals surface area contributed by atoms with Crippen LogP contribution in [-0.4, -0.2) is 23.3 Å². The van der Waals surface area contributed by atoms with Crippen LogP contribution in [0.15, 0.2) is 22.7 Å². The van der Waals surface area contributed by atoms with Crippen LogP contribution in [0.25, 0.3) is 0 Å². The average molecular weight is 317 g/mol. The minimum absolute atomic E-state index is 0.149. The molecule has 1 atom stereocenters. The first kappa shape index (κ1) is 15.0. The summed E-state index contributed by atoms with van der Waals surface area (Å²) in [5.41, 5.74) is 0.797. The van der Waals surface area contributed by atoms with E-state index in [2.05, 4.69) is 15.9 Å². The fourth-order valence-corrected chi connectivity index (χ4v) is 2.30. The van der Waals surface area contributed by atoms with Gasteiger partial charge in [0.1, 0.15) is 5.75 Å². The number of benzene rings is 1. The summed E-state index contributed by atoms with van der Waals surface area (Å²) in [6, 6.07) is 5.40. The largest absolute Gasteiger partial charge is 0.497 e. The SMILES string of the molecule is COc1ccc(C(O)CCCCC(=O)O)c(Br)c1. The van der Waals surface area contributed by atoms with Gasteiger partial charge in [0.25, 0.3) is 0 Å². The van der Waals surface area contributed by atoms with Gasteiger partial charge in [-0.3, -0.25) is 4.79 Å². The summed E-state index contributed by atoms with van der Waals surface area (Å²) < 4.78 is 5.88. The van der Waals surface area contributed by atoms with Gasteiger partial charge in [-0.2, -0.15) is 0 Å². The number of unbranched alkanes of at least 4 members (excludes halogenated alkanes) is 1. The normalized spacial score (nSPS) is 12.2. The van der Waals surface area contributed by atoms with Crippen molar-refractivity contribution in [3.05, 3.63) is 28.2 Å². The van der Waals surface area contributed by atoms with Crippen molar-refractivity contribution in [1.29, 1.82) is 0 Å². The smallest absolute Gasteiger partial charge is 0.303 e. The van der Waals surface area contributed by atoms with E-state index < -0.39 is 12.1 Å². The van der Waals surface area contributed by atoms with Crippen LogP contribution in [0.2, 0.25) is 0 Å². The Labute approximate surface area is 115 Å². The first-order chi connectivity index (χ1) is 8.54. The molecule has 2 N–H and O–H groups in total. The van der Waals surface area contributed by atoms with Crippen molar-refractivity contribution in [1.82, 2.24) is 0 Å². The topological polar surface area (TPSA) is 66.8 Å². The Balaban J connectivity index is 2.50. The number of rotatable bonds is 7. The van der Waals surface area contributed by atoms with E-state index >= 15 is 0 Å². The number of aliphatic hydroxyl groups excluding tert-OH is 1. The van der Waals surface area contributed by atoms with E-state index in [4.69, 9.17) is 9.84 Å². The van der Waals surface area contributed by atoms with Crippen molar-refractivity contribution in [3.63, 3.8) is 0 Å². The summed E-state index contributed by atoms with van der Waals surface area (Å²) in [5, 5.41) is 18.5. The van der Waals surface area contributed by atoms with Gasteiger partial charge in [0, 0.05) is 10.9 Å². The minimum Gasteiger partial charge on any atom is -0.497 e. The van der Waals surface area contributed by atoms with Crippen molar-refractivity contribution in [2.24, 2.45) is 0 Å². The number of carboxylic acids is 1. The van der Waals surface area contributed by atoms with Gasteiger partial charge >= 0.3 is 5.97 Å². The number of halogens is 1. The van der Waals surface area contributed by atoms with E-state index in [0.717, 1.165) is 15.8 Å². The highest BCUT2D eigenvalue weighted by Gasteiger charge is 2.12. The highest BCUT2D eigenvalue weighted by atomic mass is 79.9. The summed E-state index contributed by atoms with van der Waals surface area (Å²) >= 11 is 3.39. The maximum atomic E-state index is 10.4. The van der Waals surface area contributed by atoms with E-state index in [1.165, 1.54) is 0 Å². The molecule has 0 spiro atoms. The molecular weight excluding hydrogens is 300 g/mol. The van der Waals surface area contributed by atoms with Crippen LogP contribution < -0.4 is 4.74 Å². The van der Waals surface area contributed by atoms with E-state index in [0.29, 0.717) is 19.3 Å². The highest BCUT2D eigenvalue weighted by Crippen LogP contribution is 2.30. The van der Waals surface area contributed by atoms with Gasteiger partial charge in [0.15, 0.2) is 0 Å². The summed E-state index contributed by atoms with van der Waals surface area (Å²) in [4.78, 5) is 10.4. The lowest BCUT2D eigenvalue weighted by Gasteiger charge is -2.13. The molecule has 1 unspecified atom stereocenters. The molecule has 0 amide bonds. The molecule has 5 heteroatoms. The van der Waals surface area contributed by atoms with Crippen LogP contribution in [0.4, 0.5) is 0 Å². The molecule has 0 fully saturated rings. The van der Waals surface area contributed by atoms with Crippen LogP contribution in [0.3, 0.4) is 0 Å². The third kappa shape index (κ3) is 4.66. The second-order valence-corrected chi connectivity index (χ2v) is 4.90. The quantitative estimate of drug-likeness (QED) is 0.758. The Morgan fingerprint density at radius 1 is 1.44 bits per heavy atom. The molecule has 0 saturated heterocycles. The fraction of sp³-hybridized carbons (Fsp3) is 0.462. The number of aliphatic carboxylic acids is 1. The van der Waals surface area contributed by atoms with Crippen molar-refractivity contribution in [2.45, 2.75) is 31.8 Å². The molecule has 0 bridgehead atoms. The molecule has 100 valence electrons. The lowest BCUT2D eigenvalue weighted by molar-refractivity contribution is -0.137. The van der Waals surface area contributed by atoms with Gasteiger partial charge in [-0.05, 0) is 37.0 Å². The van der Waals surface area contributed by atoms with Crippen LogP contribution >= 0.6 is 15.9 Å². The van der Waals surface area contributed by atoms with Gasteiger partial charge in [-0.15, -0.1) is 0 Å². The Morgan fingerprint density at radius 3 is 2.72 bits per heavy atom. The lowest BCUT2D eigenvalue weighted by atomic mass is 10.0. The predicted octanol–water partition coefficient (Wildman–Crippen LogP) is 3.14. The average Bonchev–Trinajstić information content (AvgIpc) is 2.33. The van der Waals surface area contributed by atoms with E-state index in [-0.39, 0.29) is 6.42 Å². The van der Waals surface area contributed by atoms with Crippen molar-refractivity contribution in [2.75, 3.05) is 7.11 Å². The Morgan fingerprint density at radius 2 is 2.17 bits per heavy atom. The lowest BCUT2D eigenvalue weighted by Crippen LogP contribution is -2.00. The van der Waals surface area contributed by atoms with Gasteiger partial charge in [-0.25, -0.2) is 0 Å². The number of carboxylic acid groups (broad SMARTS) is 1. The van der Waals surface area contributed by atoms with Gasteiger partial charge in [0.2, 0.25) is 0 Å². The number of hydrogen-bond donors (Lipinski definition) is 2. The predicted molar refractivity (Wildman–Crippen MR) is 71.8 cm³/mol. The monoisotopic (exact) mass is 316 g/mol. The number of methoxy groups -OCH3 is 1. The third-order valence-corrected chi connectivity index (χ3v) is 3.37. The standard InChI is InChI=1S/C13H17BrO4/c1-18-9-6-7-10(11(14)8-9)12(15)4-2-3-5-13(16)17/h6-8,12,15H,2-5H2,1H3,(H,16,17). The molecule has 4 nitrogen and oxygen atoms in total. The van der Waals surface area contributed by atoms with Crippen LogP contribution in [0, 0.1) is 0 Å². The molecule has 18 heavy (non-hydrogen) atoms. The molecule has 0 saturated carbocycles. The third-order valence-electron chi connectivity index (χ3n) is 2.68. The zero-order valence-electron chi connectivity index (χ0n) is 10.2. The number of hydrogen-bond acceptors (Lipinski definition) is 3. The maximum Gasteiger partial charge on any atom is 0.303 e. The molecular formula is C13H17BrO4. The maximum absolute atomic E-state index is 10.4. The Bertz CT molecular complexity index is 406. The summed E-state index contributed by atoms with van der Waals surface area (Å²) in [7, 11) is 1.59. The zero-order chi connectivity index (χ0) is 13.5. The molecule has 0 aromatic heterocycles. The van der Waals surface area contributed by atoms with Gasteiger partial charge < -0.3 is 14.9 Å². The molecule has 0 aliphatic heterocycles. The number of carbonyl (C=O) groups is 1. The molecule has 1 aromatic rings. The van der Waals surface area contributed by atoms with Crippen LogP contribution in [0.5, 0.6) is 5.75 Å². The molecule has 0 aliphatic carbocycles. The first-order valence-electron chi connectivity index (χ1n) is 5.78. The summed E-state index contributed by atoms with van der Waals surface area (Å²) in [5.74, 6) is -0.0705. The van der Waals surface area contributed by atoms with Gasteiger partial charge in [-0.1, -0.05) is 22.0 Å². The van der Waals surface area contributed by atoms with Crippen molar-refractivity contribution in [3.8, 4) is 5.75 Å². The van der Waals surface area contributed by atoms with E-state index in [1.54, 1.807) is 19.2 Å². The Hall–Kier alpha value is -1.07. The Kier molecular flexibility index (Phi) is 6.15. The first-order valence-corrected chi connectivity index (χ1v) is 6.57. The van der Waals surface area contributed by atoms with Crippen LogP contribution in [0.1, 0.15) is 37.4 Å². The van der Waals surface area contributed by atoms with E-state index in [9.17, 15) is 9.90 Å². The molecule has 1 aromatic carbocycles. The minimum atomic E-state index is -0.796. The molecule has 0 radical (unpaired) electrons. The number of ether oxygens (including phenoxy) is 1. The summed E-state index contributed by atoms with van der Waals surface area (Å²) in [6.45, 7) is 0. The number of aliphatic hydroxyl groups is 1.